The topological polar surface area (TPSA) is 66.1 Å². The molecule has 1 N–H and O–H groups in total. The normalized spacial score (nSPS) is 19.3. The molecule has 2 heterocycles. The van der Waals surface area contributed by atoms with Gasteiger partial charge in [-0.25, -0.2) is 17.7 Å². The largest absolute Gasteiger partial charge is 0.342 e. The number of aromatic nitrogens is 2. The number of aromatic amines is 1. The summed E-state index contributed by atoms with van der Waals surface area (Å²) in [6.45, 7) is 1.08. The summed E-state index contributed by atoms with van der Waals surface area (Å²) in [4.78, 5) is 8.01. The van der Waals surface area contributed by atoms with Crippen LogP contribution in [-0.4, -0.2) is 35.8 Å². The van der Waals surface area contributed by atoms with Crippen molar-refractivity contribution in [1.29, 1.82) is 0 Å². The Balaban J connectivity index is 1.54. The first-order chi connectivity index (χ1) is 12.1. The van der Waals surface area contributed by atoms with E-state index in [1.165, 1.54) is 0 Å². The van der Waals surface area contributed by atoms with Gasteiger partial charge in [0.15, 0.2) is 0 Å². The fourth-order valence-electron chi connectivity index (χ4n) is 3.46. The lowest BCUT2D eigenvalue weighted by Gasteiger charge is -2.31. The lowest BCUT2D eigenvalue weighted by molar-refractivity contribution is 0.310. The maximum atomic E-state index is 12.8. The average Bonchev–Trinajstić information content (AvgIpc) is 3.07. The second-order valence-electron chi connectivity index (χ2n) is 6.58. The minimum absolute atomic E-state index is 0.0562. The SMILES string of the molecule is O=S(=O)(Cc1ccccc1)N1CCCC(c2nc3ccccc3[nH]2)C1. The summed E-state index contributed by atoms with van der Waals surface area (Å²) in [7, 11) is -3.32. The smallest absolute Gasteiger partial charge is 0.218 e. The van der Waals surface area contributed by atoms with Crippen LogP contribution in [0.15, 0.2) is 54.6 Å². The van der Waals surface area contributed by atoms with E-state index < -0.39 is 10.0 Å². The Hall–Kier alpha value is -2.18. The highest BCUT2D eigenvalue weighted by Gasteiger charge is 2.31. The van der Waals surface area contributed by atoms with Gasteiger partial charge in [0.2, 0.25) is 10.0 Å². The molecule has 3 aromatic rings. The molecule has 1 aromatic heterocycles. The Morgan fingerprint density at radius 3 is 2.64 bits per heavy atom. The quantitative estimate of drug-likeness (QED) is 0.781. The lowest BCUT2D eigenvalue weighted by Crippen LogP contribution is -2.40. The molecular formula is C19H21N3O2S. The highest BCUT2D eigenvalue weighted by atomic mass is 32.2. The van der Waals surface area contributed by atoms with Crippen molar-refractivity contribution in [3.63, 3.8) is 0 Å². The van der Waals surface area contributed by atoms with Crippen molar-refractivity contribution in [3.05, 3.63) is 66.0 Å². The van der Waals surface area contributed by atoms with Gasteiger partial charge in [0.1, 0.15) is 5.82 Å². The summed E-state index contributed by atoms with van der Waals surface area (Å²) < 4.78 is 27.2. The van der Waals surface area contributed by atoms with Gasteiger partial charge in [0.25, 0.3) is 0 Å². The first kappa shape index (κ1) is 16.3. The molecule has 0 saturated carbocycles. The van der Waals surface area contributed by atoms with Crippen molar-refractivity contribution in [2.45, 2.75) is 24.5 Å². The zero-order valence-corrected chi connectivity index (χ0v) is 14.7. The van der Waals surface area contributed by atoms with E-state index in [4.69, 9.17) is 0 Å². The Morgan fingerprint density at radius 1 is 1.08 bits per heavy atom. The van der Waals surface area contributed by atoms with Gasteiger partial charge in [0.05, 0.1) is 16.8 Å². The number of nitrogens with one attached hydrogen (secondary N) is 1. The van der Waals surface area contributed by atoms with Crippen LogP contribution >= 0.6 is 0 Å². The molecular weight excluding hydrogens is 334 g/mol. The number of fused-ring (bicyclic) bond motifs is 1. The van der Waals surface area contributed by atoms with Crippen molar-refractivity contribution in [2.24, 2.45) is 0 Å². The van der Waals surface area contributed by atoms with Crippen LogP contribution < -0.4 is 0 Å². The summed E-state index contributed by atoms with van der Waals surface area (Å²) in [5.41, 5.74) is 2.76. The van der Waals surface area contributed by atoms with E-state index in [0.29, 0.717) is 13.1 Å². The van der Waals surface area contributed by atoms with Gasteiger partial charge in [-0.05, 0) is 30.5 Å². The third-order valence-corrected chi connectivity index (χ3v) is 6.58. The molecule has 130 valence electrons. The van der Waals surface area contributed by atoms with Crippen LogP contribution in [0.2, 0.25) is 0 Å². The highest BCUT2D eigenvalue weighted by Crippen LogP contribution is 2.28. The second kappa shape index (κ2) is 6.61. The first-order valence-electron chi connectivity index (χ1n) is 8.58. The molecule has 1 aliphatic heterocycles. The van der Waals surface area contributed by atoms with Crippen LogP contribution in [0.4, 0.5) is 0 Å². The minimum Gasteiger partial charge on any atom is -0.342 e. The summed E-state index contributed by atoms with van der Waals surface area (Å²) >= 11 is 0. The van der Waals surface area contributed by atoms with E-state index >= 15 is 0 Å². The van der Waals surface area contributed by atoms with E-state index in [9.17, 15) is 8.42 Å². The van der Waals surface area contributed by atoms with E-state index in [2.05, 4.69) is 9.97 Å². The molecule has 0 amide bonds. The molecule has 5 nitrogen and oxygen atoms in total. The fraction of sp³-hybridized carbons (Fsp3) is 0.316. The average molecular weight is 355 g/mol. The van der Waals surface area contributed by atoms with Gasteiger partial charge >= 0.3 is 0 Å². The number of sulfonamides is 1. The zero-order chi connectivity index (χ0) is 17.3. The molecule has 25 heavy (non-hydrogen) atoms. The first-order valence-corrected chi connectivity index (χ1v) is 10.2. The van der Waals surface area contributed by atoms with Crippen LogP contribution in [0.5, 0.6) is 0 Å². The highest BCUT2D eigenvalue weighted by molar-refractivity contribution is 7.88. The van der Waals surface area contributed by atoms with Gasteiger partial charge in [0, 0.05) is 19.0 Å². The van der Waals surface area contributed by atoms with Crippen LogP contribution in [0.1, 0.15) is 30.1 Å². The van der Waals surface area contributed by atoms with Crippen molar-refractivity contribution in [1.82, 2.24) is 14.3 Å². The molecule has 1 fully saturated rings. The molecule has 1 aliphatic rings. The number of para-hydroxylation sites is 2. The number of benzene rings is 2. The number of rotatable bonds is 4. The van der Waals surface area contributed by atoms with Crippen LogP contribution in [0, 0.1) is 0 Å². The van der Waals surface area contributed by atoms with E-state index in [1.54, 1.807) is 4.31 Å². The van der Waals surface area contributed by atoms with Crippen LogP contribution in [-0.2, 0) is 15.8 Å². The molecule has 6 heteroatoms. The van der Waals surface area contributed by atoms with Crippen LogP contribution in [0.25, 0.3) is 11.0 Å². The Labute approximate surface area is 147 Å². The van der Waals surface area contributed by atoms with Gasteiger partial charge in [-0.1, -0.05) is 42.5 Å². The summed E-state index contributed by atoms with van der Waals surface area (Å²) in [5, 5.41) is 0. The standard InChI is InChI=1S/C19H21N3O2S/c23-25(24,14-15-7-2-1-3-8-15)22-12-6-9-16(13-22)19-20-17-10-4-5-11-18(17)21-19/h1-5,7-8,10-11,16H,6,9,12-14H2,(H,20,21). The summed E-state index contributed by atoms with van der Waals surface area (Å²) in [6.07, 6.45) is 1.81. The number of H-pyrrole nitrogens is 1. The minimum atomic E-state index is -3.32. The Kier molecular flexibility index (Phi) is 4.31. The van der Waals surface area contributed by atoms with E-state index in [0.717, 1.165) is 35.3 Å². The van der Waals surface area contributed by atoms with Gasteiger partial charge in [-0.3, -0.25) is 0 Å². The van der Waals surface area contributed by atoms with Gasteiger partial charge < -0.3 is 4.98 Å². The van der Waals surface area contributed by atoms with Crippen LogP contribution in [0.3, 0.4) is 0 Å². The molecule has 0 bridgehead atoms. The maximum absolute atomic E-state index is 12.8. The molecule has 0 radical (unpaired) electrons. The molecule has 1 unspecified atom stereocenters. The molecule has 2 aromatic carbocycles. The van der Waals surface area contributed by atoms with Gasteiger partial charge in [-0.15, -0.1) is 0 Å². The van der Waals surface area contributed by atoms with E-state index in [1.807, 2.05) is 54.6 Å². The molecule has 1 saturated heterocycles. The van der Waals surface area contributed by atoms with E-state index in [-0.39, 0.29) is 11.7 Å². The third-order valence-electron chi connectivity index (χ3n) is 4.76. The van der Waals surface area contributed by atoms with Crippen molar-refractivity contribution >= 4 is 21.1 Å². The van der Waals surface area contributed by atoms with Gasteiger partial charge in [-0.2, -0.15) is 0 Å². The number of hydrogen-bond acceptors (Lipinski definition) is 3. The second-order valence-corrected chi connectivity index (χ2v) is 8.55. The molecule has 0 aliphatic carbocycles. The molecule has 0 spiro atoms. The predicted molar refractivity (Wildman–Crippen MR) is 98.7 cm³/mol. The Morgan fingerprint density at radius 2 is 1.84 bits per heavy atom. The van der Waals surface area contributed by atoms with Crippen molar-refractivity contribution in [3.8, 4) is 0 Å². The maximum Gasteiger partial charge on any atom is 0.218 e. The fourth-order valence-corrected chi connectivity index (χ4v) is 5.07. The Bertz CT molecular complexity index is 934. The number of hydrogen-bond donors (Lipinski definition) is 1. The third kappa shape index (κ3) is 3.45. The predicted octanol–water partition coefficient (Wildman–Crippen LogP) is 3.27. The molecule has 4 rings (SSSR count). The lowest BCUT2D eigenvalue weighted by atomic mass is 9.99. The summed E-state index contributed by atoms with van der Waals surface area (Å²) in [6, 6.07) is 17.3. The zero-order valence-electron chi connectivity index (χ0n) is 13.9. The number of nitrogens with zero attached hydrogens (tertiary/aromatic N) is 2. The van der Waals surface area contributed by atoms with Crippen molar-refractivity contribution < 1.29 is 8.42 Å². The summed E-state index contributed by atoms with van der Waals surface area (Å²) in [5.74, 6) is 1.06. The molecule has 1 atom stereocenters. The van der Waals surface area contributed by atoms with Crippen molar-refractivity contribution in [2.75, 3.05) is 13.1 Å². The number of piperidine rings is 1. The number of imidazole rings is 1. The monoisotopic (exact) mass is 355 g/mol.